The van der Waals surface area contributed by atoms with Crippen LogP contribution < -0.4 is 14.5 Å². The molecular weight excluding hydrogens is 482 g/mol. The Balaban J connectivity index is 1.29. The van der Waals surface area contributed by atoms with Crippen LogP contribution in [0.25, 0.3) is 27.6 Å². The van der Waals surface area contributed by atoms with E-state index >= 15 is 0 Å². The number of pyridine rings is 2. The molecule has 3 aromatic heterocycles. The Morgan fingerprint density at radius 3 is 2.38 bits per heavy atom. The van der Waals surface area contributed by atoms with Crippen LogP contribution in [0.1, 0.15) is 25.3 Å². The molecule has 1 aliphatic rings. The van der Waals surface area contributed by atoms with E-state index in [0.29, 0.717) is 11.8 Å². The summed E-state index contributed by atoms with van der Waals surface area (Å²) >= 11 is 0. The number of fused-ring (bicyclic) bond motifs is 4. The molecule has 7 rings (SSSR count). The van der Waals surface area contributed by atoms with Gasteiger partial charge in [-0.05, 0) is 60.0 Å². The predicted octanol–water partition coefficient (Wildman–Crippen LogP) is 8.03. The van der Waals surface area contributed by atoms with Gasteiger partial charge in [-0.15, -0.1) is 0 Å². The largest absolute Gasteiger partial charge is 0.439 e. The van der Waals surface area contributed by atoms with E-state index in [0.717, 1.165) is 40.3 Å². The van der Waals surface area contributed by atoms with Crippen molar-refractivity contribution in [3.8, 4) is 17.4 Å². The third kappa shape index (κ3) is 3.96. The van der Waals surface area contributed by atoms with Crippen LogP contribution in [-0.4, -0.2) is 28.3 Å². The molecule has 0 aliphatic carbocycles. The molecule has 1 aliphatic heterocycles. The SMILES string of the molecule is CC(C)c1ccnc(-n2c3ccccc3c3ccc(Oc4cc(N5CN(C)c6ccccc65)ccn4)cc32)c1. The van der Waals surface area contributed by atoms with Gasteiger partial charge in [0, 0.05) is 48.0 Å². The lowest BCUT2D eigenvalue weighted by Gasteiger charge is -2.20. The van der Waals surface area contributed by atoms with Gasteiger partial charge < -0.3 is 14.5 Å². The zero-order valence-electron chi connectivity index (χ0n) is 22.2. The Kier molecular flexibility index (Phi) is 5.48. The van der Waals surface area contributed by atoms with Crippen molar-refractivity contribution in [3.63, 3.8) is 0 Å². The molecule has 0 saturated carbocycles. The zero-order chi connectivity index (χ0) is 26.5. The van der Waals surface area contributed by atoms with Gasteiger partial charge >= 0.3 is 0 Å². The monoisotopic (exact) mass is 511 g/mol. The first-order chi connectivity index (χ1) is 19.1. The molecule has 6 aromatic rings. The minimum Gasteiger partial charge on any atom is -0.439 e. The molecule has 0 fully saturated rings. The standard InChI is InChI=1S/C33H29N5O/c1-22(2)23-14-16-34-32(18-23)38-28-9-5-4-8-26(28)27-13-12-25(20-31(27)38)39-33-19-24(15-17-35-33)37-21-36(3)29-10-6-7-11-30(29)37/h4-20,22H,21H2,1-3H3. The lowest BCUT2D eigenvalue weighted by Crippen LogP contribution is -2.23. The van der Waals surface area contributed by atoms with E-state index in [1.54, 1.807) is 0 Å². The number of hydrogen-bond donors (Lipinski definition) is 0. The van der Waals surface area contributed by atoms with Crippen LogP contribution in [-0.2, 0) is 0 Å². The van der Waals surface area contributed by atoms with E-state index in [2.05, 4.69) is 113 Å². The lowest BCUT2D eigenvalue weighted by molar-refractivity contribution is 0.463. The normalized spacial score (nSPS) is 13.0. The molecule has 192 valence electrons. The molecule has 0 spiro atoms. The molecule has 0 saturated heterocycles. The second-order valence-electron chi connectivity index (χ2n) is 10.3. The Labute approximate surface area is 227 Å². The molecular formula is C33H29N5O. The van der Waals surface area contributed by atoms with E-state index in [-0.39, 0.29) is 0 Å². The summed E-state index contributed by atoms with van der Waals surface area (Å²) in [5.74, 6) is 2.61. The summed E-state index contributed by atoms with van der Waals surface area (Å²) in [5, 5.41) is 2.35. The summed E-state index contributed by atoms with van der Waals surface area (Å²) in [6.45, 7) is 5.19. The average Bonchev–Trinajstić information content (AvgIpc) is 3.48. The van der Waals surface area contributed by atoms with E-state index in [9.17, 15) is 0 Å². The molecule has 4 heterocycles. The van der Waals surface area contributed by atoms with Gasteiger partial charge in [-0.2, -0.15) is 0 Å². The van der Waals surface area contributed by atoms with Crippen LogP contribution in [0.15, 0.2) is 103 Å². The van der Waals surface area contributed by atoms with Crippen molar-refractivity contribution in [2.24, 2.45) is 0 Å². The van der Waals surface area contributed by atoms with E-state index < -0.39 is 0 Å². The van der Waals surface area contributed by atoms with Gasteiger partial charge in [0.05, 0.1) is 29.1 Å². The second-order valence-corrected chi connectivity index (χ2v) is 10.3. The third-order valence-electron chi connectivity index (χ3n) is 7.50. The minimum atomic E-state index is 0.416. The van der Waals surface area contributed by atoms with Crippen molar-refractivity contribution in [1.82, 2.24) is 14.5 Å². The second kappa shape index (κ2) is 9.17. The molecule has 0 atom stereocenters. The molecule has 39 heavy (non-hydrogen) atoms. The Hall–Kier alpha value is -4.84. The van der Waals surface area contributed by atoms with Crippen molar-refractivity contribution in [2.75, 3.05) is 23.5 Å². The molecule has 3 aromatic carbocycles. The van der Waals surface area contributed by atoms with E-state index in [1.807, 2.05) is 30.6 Å². The quantitative estimate of drug-likeness (QED) is 0.234. The first-order valence-electron chi connectivity index (χ1n) is 13.3. The zero-order valence-corrected chi connectivity index (χ0v) is 22.2. The summed E-state index contributed by atoms with van der Waals surface area (Å²) < 4.78 is 8.59. The van der Waals surface area contributed by atoms with Gasteiger partial charge in [0.1, 0.15) is 11.6 Å². The summed E-state index contributed by atoms with van der Waals surface area (Å²) in [5.41, 5.74) is 6.86. The first kappa shape index (κ1) is 23.3. The molecule has 0 amide bonds. The average molecular weight is 512 g/mol. The van der Waals surface area contributed by atoms with Crippen LogP contribution in [0, 0.1) is 0 Å². The summed E-state index contributed by atoms with van der Waals surface area (Å²) in [6, 6.07) is 31.4. The van der Waals surface area contributed by atoms with Gasteiger partial charge in [0.25, 0.3) is 0 Å². The fraction of sp³-hybridized carbons (Fsp3) is 0.152. The van der Waals surface area contributed by atoms with Crippen molar-refractivity contribution in [2.45, 2.75) is 19.8 Å². The maximum Gasteiger partial charge on any atom is 0.221 e. The third-order valence-corrected chi connectivity index (χ3v) is 7.50. The van der Waals surface area contributed by atoms with Gasteiger partial charge in [0.2, 0.25) is 5.88 Å². The van der Waals surface area contributed by atoms with Crippen molar-refractivity contribution >= 4 is 38.9 Å². The number of nitrogens with zero attached hydrogens (tertiary/aromatic N) is 5. The van der Waals surface area contributed by atoms with Crippen LogP contribution in [0.2, 0.25) is 0 Å². The minimum absolute atomic E-state index is 0.416. The van der Waals surface area contributed by atoms with Crippen molar-refractivity contribution < 1.29 is 4.74 Å². The Morgan fingerprint density at radius 1 is 0.744 bits per heavy atom. The number of benzene rings is 3. The predicted molar refractivity (Wildman–Crippen MR) is 159 cm³/mol. The highest BCUT2D eigenvalue weighted by Crippen LogP contribution is 2.40. The number of hydrogen-bond acceptors (Lipinski definition) is 5. The molecule has 6 nitrogen and oxygen atoms in total. The maximum absolute atomic E-state index is 6.37. The van der Waals surface area contributed by atoms with Gasteiger partial charge in [-0.1, -0.05) is 44.2 Å². The Bertz CT molecular complexity index is 1840. The van der Waals surface area contributed by atoms with Gasteiger partial charge in [0.15, 0.2) is 0 Å². The molecule has 0 bridgehead atoms. The number of rotatable bonds is 5. The first-order valence-corrected chi connectivity index (χ1v) is 13.3. The molecule has 0 radical (unpaired) electrons. The van der Waals surface area contributed by atoms with Crippen LogP contribution in [0.4, 0.5) is 17.1 Å². The summed E-state index contributed by atoms with van der Waals surface area (Å²) in [4.78, 5) is 13.8. The highest BCUT2D eigenvalue weighted by atomic mass is 16.5. The Morgan fingerprint density at radius 2 is 1.51 bits per heavy atom. The number of aromatic nitrogens is 3. The van der Waals surface area contributed by atoms with E-state index in [1.165, 1.54) is 22.3 Å². The molecule has 0 unspecified atom stereocenters. The van der Waals surface area contributed by atoms with Crippen molar-refractivity contribution in [3.05, 3.63) is 109 Å². The van der Waals surface area contributed by atoms with Crippen LogP contribution in [0.3, 0.4) is 0 Å². The topological polar surface area (TPSA) is 46.4 Å². The summed E-state index contributed by atoms with van der Waals surface area (Å²) in [7, 11) is 2.11. The highest BCUT2D eigenvalue weighted by molar-refractivity contribution is 6.09. The van der Waals surface area contributed by atoms with Crippen LogP contribution in [0.5, 0.6) is 11.6 Å². The molecule has 6 heteroatoms. The van der Waals surface area contributed by atoms with Gasteiger partial charge in [-0.3, -0.25) is 4.57 Å². The highest BCUT2D eigenvalue weighted by Gasteiger charge is 2.24. The number of anilines is 3. The molecule has 0 N–H and O–H groups in total. The fourth-order valence-corrected chi connectivity index (χ4v) is 5.52. The number of ether oxygens (including phenoxy) is 1. The van der Waals surface area contributed by atoms with Crippen molar-refractivity contribution in [1.29, 1.82) is 0 Å². The maximum atomic E-state index is 6.37. The van der Waals surface area contributed by atoms with Gasteiger partial charge in [-0.25, -0.2) is 9.97 Å². The lowest BCUT2D eigenvalue weighted by atomic mass is 10.1. The number of para-hydroxylation sites is 3. The summed E-state index contributed by atoms with van der Waals surface area (Å²) in [6.07, 6.45) is 3.71. The van der Waals surface area contributed by atoms with E-state index in [4.69, 9.17) is 9.72 Å². The fourth-order valence-electron chi connectivity index (χ4n) is 5.52. The smallest absolute Gasteiger partial charge is 0.221 e. The van der Waals surface area contributed by atoms with Crippen LogP contribution >= 0.6 is 0 Å².